The van der Waals surface area contributed by atoms with Gasteiger partial charge in [-0.1, -0.05) is 6.07 Å². The third-order valence-electron chi connectivity index (χ3n) is 2.86. The Morgan fingerprint density at radius 1 is 1.56 bits per heavy atom. The Labute approximate surface area is 106 Å². The first kappa shape index (κ1) is 13.4. The average molecular weight is 272 g/mol. The number of hydrogen-bond donors (Lipinski definition) is 1. The van der Waals surface area contributed by atoms with Gasteiger partial charge in [-0.05, 0) is 18.6 Å². The first-order valence-electron chi connectivity index (χ1n) is 5.71. The number of pyridine rings is 1. The zero-order chi connectivity index (χ0) is 13.2. The predicted octanol–water partition coefficient (Wildman–Crippen LogP) is -0.0167. The topological polar surface area (TPSA) is 79.7 Å². The third kappa shape index (κ3) is 2.54. The highest BCUT2D eigenvalue weighted by Gasteiger charge is 2.32. The predicted molar refractivity (Wildman–Crippen MR) is 64.3 cm³/mol. The fourth-order valence-corrected chi connectivity index (χ4v) is 3.36. The zero-order valence-electron chi connectivity index (χ0n) is 10.1. The van der Waals surface area contributed by atoms with Crippen molar-refractivity contribution < 1.29 is 18.3 Å². The summed E-state index contributed by atoms with van der Waals surface area (Å²) >= 11 is 0. The van der Waals surface area contributed by atoms with Gasteiger partial charge >= 0.3 is 0 Å². The summed E-state index contributed by atoms with van der Waals surface area (Å²) in [6.07, 6.45) is 1.37. The van der Waals surface area contributed by atoms with E-state index in [1.165, 1.54) is 16.6 Å². The molecule has 1 atom stereocenters. The van der Waals surface area contributed by atoms with E-state index >= 15 is 0 Å². The van der Waals surface area contributed by atoms with E-state index in [-0.39, 0.29) is 17.7 Å². The van der Waals surface area contributed by atoms with E-state index < -0.39 is 10.0 Å². The van der Waals surface area contributed by atoms with Gasteiger partial charge in [0.15, 0.2) is 5.03 Å². The molecule has 1 aliphatic rings. The zero-order valence-corrected chi connectivity index (χ0v) is 10.9. The molecule has 1 N–H and O–H groups in total. The lowest BCUT2D eigenvalue weighted by Gasteiger charge is -2.31. The molecule has 0 aliphatic carbocycles. The van der Waals surface area contributed by atoms with Crippen LogP contribution < -0.4 is 0 Å². The van der Waals surface area contributed by atoms with Crippen LogP contribution in [0.1, 0.15) is 12.5 Å². The quantitative estimate of drug-likeness (QED) is 0.836. The summed E-state index contributed by atoms with van der Waals surface area (Å²) in [5, 5.41) is 8.91. The highest BCUT2D eigenvalue weighted by Crippen LogP contribution is 2.18. The second-order valence-corrected chi connectivity index (χ2v) is 6.04. The molecule has 1 aliphatic heterocycles. The van der Waals surface area contributed by atoms with Gasteiger partial charge in [-0.25, -0.2) is 13.4 Å². The SMILES string of the molecule is CC1COCCN1S(=O)(=O)c1ccc(CO)cn1. The van der Waals surface area contributed by atoms with E-state index in [4.69, 9.17) is 9.84 Å². The molecule has 6 nitrogen and oxygen atoms in total. The molecule has 1 aromatic heterocycles. The van der Waals surface area contributed by atoms with Gasteiger partial charge in [0.25, 0.3) is 10.0 Å². The molecule has 2 rings (SSSR count). The maximum absolute atomic E-state index is 12.3. The van der Waals surface area contributed by atoms with Crippen molar-refractivity contribution in [1.82, 2.24) is 9.29 Å². The number of nitrogens with zero attached hydrogens (tertiary/aromatic N) is 2. The minimum Gasteiger partial charge on any atom is -0.392 e. The summed E-state index contributed by atoms with van der Waals surface area (Å²) < 4.78 is 31.3. The number of aliphatic hydroxyl groups is 1. The summed E-state index contributed by atoms with van der Waals surface area (Å²) in [5.74, 6) is 0. The van der Waals surface area contributed by atoms with Gasteiger partial charge in [0.1, 0.15) is 0 Å². The molecule has 0 saturated carbocycles. The van der Waals surface area contributed by atoms with Gasteiger partial charge in [0, 0.05) is 18.8 Å². The van der Waals surface area contributed by atoms with Crippen molar-refractivity contribution in [2.45, 2.75) is 24.6 Å². The summed E-state index contributed by atoms with van der Waals surface area (Å²) in [6, 6.07) is 2.79. The second-order valence-electron chi connectivity index (χ2n) is 4.20. The minimum absolute atomic E-state index is 0.00782. The second kappa shape index (κ2) is 5.31. The van der Waals surface area contributed by atoms with Crippen molar-refractivity contribution in [2.75, 3.05) is 19.8 Å². The van der Waals surface area contributed by atoms with Gasteiger partial charge in [-0.15, -0.1) is 0 Å². The first-order chi connectivity index (χ1) is 8.55. The van der Waals surface area contributed by atoms with Crippen LogP contribution in [0.15, 0.2) is 23.4 Å². The van der Waals surface area contributed by atoms with Crippen LogP contribution in [0.4, 0.5) is 0 Å². The molecule has 0 amide bonds. The molecule has 100 valence electrons. The van der Waals surface area contributed by atoms with E-state index in [2.05, 4.69) is 4.98 Å². The van der Waals surface area contributed by atoms with Crippen molar-refractivity contribution >= 4 is 10.0 Å². The molecule has 0 bridgehead atoms. The van der Waals surface area contributed by atoms with Gasteiger partial charge in [0.2, 0.25) is 0 Å². The van der Waals surface area contributed by atoms with Crippen molar-refractivity contribution in [1.29, 1.82) is 0 Å². The average Bonchev–Trinajstić information content (AvgIpc) is 2.39. The lowest BCUT2D eigenvalue weighted by atomic mass is 10.3. The molecule has 1 saturated heterocycles. The molecule has 1 fully saturated rings. The smallest absolute Gasteiger partial charge is 0.260 e. The first-order valence-corrected chi connectivity index (χ1v) is 7.15. The number of aliphatic hydroxyl groups excluding tert-OH is 1. The normalized spacial score (nSPS) is 22.0. The number of sulfonamides is 1. The lowest BCUT2D eigenvalue weighted by Crippen LogP contribution is -2.47. The van der Waals surface area contributed by atoms with Crippen molar-refractivity contribution in [2.24, 2.45) is 0 Å². The van der Waals surface area contributed by atoms with Crippen LogP contribution in [0.25, 0.3) is 0 Å². The molecule has 18 heavy (non-hydrogen) atoms. The Balaban J connectivity index is 2.28. The van der Waals surface area contributed by atoms with Gasteiger partial charge in [-0.3, -0.25) is 0 Å². The van der Waals surface area contributed by atoms with Crippen LogP contribution in [0.2, 0.25) is 0 Å². The standard InChI is InChI=1S/C11H16N2O4S/c1-9-8-17-5-4-13(9)18(15,16)11-3-2-10(7-14)6-12-11/h2-3,6,9,14H,4-5,7-8H2,1H3. The fourth-order valence-electron chi connectivity index (χ4n) is 1.85. The van der Waals surface area contributed by atoms with Crippen LogP contribution in [-0.2, 0) is 21.4 Å². The van der Waals surface area contributed by atoms with Crippen LogP contribution in [-0.4, -0.2) is 48.6 Å². The fraction of sp³-hybridized carbons (Fsp3) is 0.545. The molecule has 7 heteroatoms. The third-order valence-corrected chi connectivity index (χ3v) is 4.79. The minimum atomic E-state index is -3.58. The monoisotopic (exact) mass is 272 g/mol. The van der Waals surface area contributed by atoms with Crippen LogP contribution in [0.3, 0.4) is 0 Å². The van der Waals surface area contributed by atoms with E-state index in [0.29, 0.717) is 25.3 Å². The summed E-state index contributed by atoms with van der Waals surface area (Å²) in [6.45, 7) is 2.79. The number of morpholine rings is 1. The van der Waals surface area contributed by atoms with Crippen LogP contribution in [0.5, 0.6) is 0 Å². The Hall–Kier alpha value is -1.02. The lowest BCUT2D eigenvalue weighted by molar-refractivity contribution is 0.0391. The van der Waals surface area contributed by atoms with Crippen molar-refractivity contribution in [3.8, 4) is 0 Å². The van der Waals surface area contributed by atoms with Crippen molar-refractivity contribution in [3.63, 3.8) is 0 Å². The molecule has 1 unspecified atom stereocenters. The van der Waals surface area contributed by atoms with Crippen LogP contribution in [0, 0.1) is 0 Å². The van der Waals surface area contributed by atoms with Gasteiger partial charge in [0.05, 0.1) is 19.8 Å². The van der Waals surface area contributed by atoms with Gasteiger partial charge in [-0.2, -0.15) is 4.31 Å². The number of ether oxygens (including phenoxy) is 1. The molecular formula is C11H16N2O4S. The summed E-state index contributed by atoms with van der Waals surface area (Å²) in [7, 11) is -3.58. The molecule has 1 aromatic rings. The Kier molecular flexibility index (Phi) is 3.96. The number of aromatic nitrogens is 1. The molecule has 0 spiro atoms. The van der Waals surface area contributed by atoms with E-state index in [9.17, 15) is 8.42 Å². The highest BCUT2D eigenvalue weighted by molar-refractivity contribution is 7.89. The molecule has 0 aromatic carbocycles. The maximum Gasteiger partial charge on any atom is 0.260 e. The number of rotatable bonds is 3. The molecule has 0 radical (unpaired) electrons. The van der Waals surface area contributed by atoms with Crippen LogP contribution >= 0.6 is 0 Å². The molecule has 2 heterocycles. The molecular weight excluding hydrogens is 256 g/mol. The number of hydrogen-bond acceptors (Lipinski definition) is 5. The maximum atomic E-state index is 12.3. The van der Waals surface area contributed by atoms with Crippen molar-refractivity contribution in [3.05, 3.63) is 23.9 Å². The summed E-state index contributed by atoms with van der Waals surface area (Å²) in [5.41, 5.74) is 0.587. The Bertz CT molecular complexity index is 500. The van der Waals surface area contributed by atoms with E-state index in [0.717, 1.165) is 0 Å². The largest absolute Gasteiger partial charge is 0.392 e. The summed E-state index contributed by atoms with van der Waals surface area (Å²) in [4.78, 5) is 3.90. The van der Waals surface area contributed by atoms with E-state index in [1.54, 1.807) is 13.0 Å². The Morgan fingerprint density at radius 2 is 2.33 bits per heavy atom. The Morgan fingerprint density at radius 3 is 2.89 bits per heavy atom. The van der Waals surface area contributed by atoms with Gasteiger partial charge < -0.3 is 9.84 Å². The highest BCUT2D eigenvalue weighted by atomic mass is 32.2. The van der Waals surface area contributed by atoms with E-state index in [1.807, 2.05) is 0 Å².